The number of pyridine rings is 1. The van der Waals surface area contributed by atoms with Gasteiger partial charge in [-0.2, -0.15) is 13.2 Å². The fourth-order valence-corrected chi connectivity index (χ4v) is 3.53. The molecule has 0 bridgehead atoms. The molecule has 0 saturated carbocycles. The number of nitrogens with zero attached hydrogens (tertiary/aromatic N) is 3. The molecule has 0 unspecified atom stereocenters. The maximum absolute atomic E-state index is 13.1. The van der Waals surface area contributed by atoms with Gasteiger partial charge in [0.15, 0.2) is 5.69 Å². The highest BCUT2D eigenvalue weighted by atomic mass is 19.4. The quantitative estimate of drug-likeness (QED) is 0.346. The monoisotopic (exact) mass is 484 g/mol. The van der Waals surface area contributed by atoms with Gasteiger partial charge in [0.25, 0.3) is 5.91 Å². The van der Waals surface area contributed by atoms with Crippen LogP contribution in [0.3, 0.4) is 0 Å². The number of oxazole rings is 1. The number of rotatable bonds is 10. The highest BCUT2D eigenvalue weighted by molar-refractivity contribution is 5.91. The summed E-state index contributed by atoms with van der Waals surface area (Å²) in [5.74, 6) is -0.106. The van der Waals surface area contributed by atoms with Gasteiger partial charge < -0.3 is 14.2 Å². The molecule has 0 aliphatic heterocycles. The molecule has 0 aliphatic rings. The van der Waals surface area contributed by atoms with Crippen LogP contribution in [0.25, 0.3) is 0 Å². The maximum Gasteiger partial charge on any atom is 0.416 e. The first-order valence-corrected chi connectivity index (χ1v) is 10.9. The van der Waals surface area contributed by atoms with Crippen molar-refractivity contribution in [1.82, 2.24) is 20.2 Å². The Kier molecular flexibility index (Phi) is 7.61. The SMILES string of the molecule is O=C(NCCc1ccccn1)c1coc(CN(Cc2ccoc2)Cc2cccc(C(F)(F)F)c2)n1. The Morgan fingerprint density at radius 3 is 2.60 bits per heavy atom. The van der Waals surface area contributed by atoms with Crippen LogP contribution in [0.2, 0.25) is 0 Å². The van der Waals surface area contributed by atoms with Crippen molar-refractivity contribution in [2.24, 2.45) is 0 Å². The van der Waals surface area contributed by atoms with E-state index >= 15 is 0 Å². The summed E-state index contributed by atoms with van der Waals surface area (Å²) in [7, 11) is 0. The second-order valence-corrected chi connectivity index (χ2v) is 7.93. The molecule has 35 heavy (non-hydrogen) atoms. The number of furan rings is 1. The normalized spacial score (nSPS) is 11.7. The van der Waals surface area contributed by atoms with E-state index in [-0.39, 0.29) is 30.6 Å². The third-order valence-electron chi connectivity index (χ3n) is 5.18. The topological polar surface area (TPSA) is 84.4 Å². The molecular weight excluding hydrogens is 461 g/mol. The summed E-state index contributed by atoms with van der Waals surface area (Å²) in [5.41, 5.74) is 1.61. The lowest BCUT2D eigenvalue weighted by atomic mass is 10.1. The number of carbonyl (C=O) groups excluding carboxylic acids is 1. The standard InChI is InChI=1S/C25H23F3N4O3/c26-25(27,28)20-5-3-4-18(12-20)13-32(14-19-8-11-34-16-19)15-23-31-22(17-35-23)24(33)30-10-7-21-6-1-2-9-29-21/h1-6,8-9,11-12,16-17H,7,10,13-15H2,(H,30,33). The lowest BCUT2D eigenvalue weighted by Crippen LogP contribution is -2.26. The first-order chi connectivity index (χ1) is 16.9. The van der Waals surface area contributed by atoms with E-state index < -0.39 is 11.7 Å². The van der Waals surface area contributed by atoms with Gasteiger partial charge in [0, 0.05) is 43.5 Å². The summed E-state index contributed by atoms with van der Waals surface area (Å²) in [4.78, 5) is 22.8. The fourth-order valence-electron chi connectivity index (χ4n) is 3.53. The van der Waals surface area contributed by atoms with E-state index in [1.807, 2.05) is 23.1 Å². The number of aromatic nitrogens is 2. The predicted octanol–water partition coefficient (Wildman–Crippen LogP) is 4.86. The van der Waals surface area contributed by atoms with E-state index in [0.717, 1.165) is 23.4 Å². The number of hydrogen-bond acceptors (Lipinski definition) is 6. The largest absolute Gasteiger partial charge is 0.472 e. The summed E-state index contributed by atoms with van der Waals surface area (Å²) in [6, 6.07) is 12.5. The molecule has 10 heteroatoms. The Balaban J connectivity index is 1.40. The van der Waals surface area contributed by atoms with Crippen molar-refractivity contribution in [2.45, 2.75) is 32.2 Å². The van der Waals surface area contributed by atoms with Crippen molar-refractivity contribution in [3.63, 3.8) is 0 Å². The van der Waals surface area contributed by atoms with Crippen LogP contribution in [-0.2, 0) is 32.2 Å². The van der Waals surface area contributed by atoms with Gasteiger partial charge >= 0.3 is 6.18 Å². The minimum Gasteiger partial charge on any atom is -0.472 e. The van der Waals surface area contributed by atoms with Crippen LogP contribution in [0.5, 0.6) is 0 Å². The van der Waals surface area contributed by atoms with Crippen molar-refractivity contribution in [1.29, 1.82) is 0 Å². The molecule has 4 aromatic rings. The number of amides is 1. The van der Waals surface area contributed by atoms with E-state index in [1.165, 1.54) is 18.6 Å². The van der Waals surface area contributed by atoms with E-state index in [0.29, 0.717) is 25.1 Å². The van der Waals surface area contributed by atoms with Gasteiger partial charge in [0.1, 0.15) is 6.26 Å². The van der Waals surface area contributed by atoms with E-state index in [1.54, 1.807) is 24.6 Å². The van der Waals surface area contributed by atoms with Gasteiger partial charge in [-0.25, -0.2) is 4.98 Å². The summed E-state index contributed by atoms with van der Waals surface area (Å²) >= 11 is 0. The number of benzene rings is 1. The van der Waals surface area contributed by atoms with E-state index in [4.69, 9.17) is 8.83 Å². The summed E-state index contributed by atoms with van der Waals surface area (Å²) in [6.45, 7) is 1.17. The second-order valence-electron chi connectivity index (χ2n) is 7.93. The van der Waals surface area contributed by atoms with Crippen LogP contribution in [0.15, 0.2) is 82.4 Å². The van der Waals surface area contributed by atoms with Crippen molar-refractivity contribution < 1.29 is 26.8 Å². The maximum atomic E-state index is 13.1. The Bertz CT molecular complexity index is 1220. The lowest BCUT2D eigenvalue weighted by molar-refractivity contribution is -0.137. The number of carbonyl (C=O) groups is 1. The van der Waals surface area contributed by atoms with Crippen LogP contribution in [0.1, 0.15) is 38.8 Å². The lowest BCUT2D eigenvalue weighted by Gasteiger charge is -2.20. The molecule has 0 fully saturated rings. The molecule has 0 saturated heterocycles. The smallest absolute Gasteiger partial charge is 0.416 e. The van der Waals surface area contributed by atoms with Gasteiger partial charge in [-0.05, 0) is 29.8 Å². The number of alkyl halides is 3. The van der Waals surface area contributed by atoms with Crippen LogP contribution < -0.4 is 5.32 Å². The third-order valence-corrected chi connectivity index (χ3v) is 5.18. The molecule has 3 heterocycles. The Morgan fingerprint density at radius 1 is 1.00 bits per heavy atom. The zero-order valence-electron chi connectivity index (χ0n) is 18.7. The van der Waals surface area contributed by atoms with E-state index in [2.05, 4.69) is 15.3 Å². The van der Waals surface area contributed by atoms with Crippen molar-refractivity contribution >= 4 is 5.91 Å². The van der Waals surface area contributed by atoms with E-state index in [9.17, 15) is 18.0 Å². The van der Waals surface area contributed by atoms with Gasteiger partial charge in [0.2, 0.25) is 5.89 Å². The highest BCUT2D eigenvalue weighted by Crippen LogP contribution is 2.30. The Labute approximate surface area is 199 Å². The van der Waals surface area contributed by atoms with Gasteiger partial charge in [0.05, 0.1) is 24.6 Å². The van der Waals surface area contributed by atoms with Crippen LogP contribution in [0.4, 0.5) is 13.2 Å². The molecule has 0 aliphatic carbocycles. The third kappa shape index (κ3) is 7.03. The van der Waals surface area contributed by atoms with Gasteiger partial charge in [-0.1, -0.05) is 24.3 Å². The van der Waals surface area contributed by atoms with Crippen LogP contribution in [0, 0.1) is 0 Å². The number of hydrogen-bond donors (Lipinski definition) is 1. The first-order valence-electron chi connectivity index (χ1n) is 10.9. The highest BCUT2D eigenvalue weighted by Gasteiger charge is 2.30. The Morgan fingerprint density at radius 2 is 1.86 bits per heavy atom. The molecule has 7 nitrogen and oxygen atoms in total. The zero-order chi connectivity index (χ0) is 24.7. The minimum atomic E-state index is -4.42. The molecule has 3 aromatic heterocycles. The predicted molar refractivity (Wildman–Crippen MR) is 120 cm³/mol. The first kappa shape index (κ1) is 24.2. The number of nitrogens with one attached hydrogen (secondary N) is 1. The van der Waals surface area contributed by atoms with Gasteiger partial charge in [-0.3, -0.25) is 14.7 Å². The van der Waals surface area contributed by atoms with Gasteiger partial charge in [-0.15, -0.1) is 0 Å². The number of halogens is 3. The molecule has 182 valence electrons. The molecule has 1 amide bonds. The molecule has 0 radical (unpaired) electrons. The van der Waals surface area contributed by atoms with Crippen molar-refractivity contribution in [3.8, 4) is 0 Å². The molecule has 1 aromatic carbocycles. The zero-order valence-corrected chi connectivity index (χ0v) is 18.7. The molecule has 0 atom stereocenters. The average molecular weight is 484 g/mol. The molecular formula is C25H23F3N4O3. The summed E-state index contributed by atoms with van der Waals surface area (Å²) < 4.78 is 50.0. The molecule has 4 rings (SSSR count). The van der Waals surface area contributed by atoms with Crippen molar-refractivity contribution in [2.75, 3.05) is 6.54 Å². The fraction of sp³-hybridized carbons (Fsp3) is 0.240. The molecule has 1 N–H and O–H groups in total. The summed E-state index contributed by atoms with van der Waals surface area (Å²) in [6.07, 6.45) is 2.20. The van der Waals surface area contributed by atoms with Crippen LogP contribution >= 0.6 is 0 Å². The average Bonchev–Trinajstić information content (AvgIpc) is 3.52. The van der Waals surface area contributed by atoms with Crippen LogP contribution in [-0.4, -0.2) is 27.3 Å². The molecule has 0 spiro atoms. The second kappa shape index (κ2) is 11.0. The summed E-state index contributed by atoms with van der Waals surface area (Å²) in [5, 5.41) is 2.78. The Hall–Kier alpha value is -3.92. The van der Waals surface area contributed by atoms with Crippen molar-refractivity contribution in [3.05, 3.63) is 107 Å². The minimum absolute atomic E-state index is 0.128.